The van der Waals surface area contributed by atoms with Gasteiger partial charge in [0, 0.05) is 0 Å². The molecular weight excluding hydrogens is 268 g/mol. The van der Waals surface area contributed by atoms with Crippen LogP contribution in [0, 0.1) is 0 Å². The van der Waals surface area contributed by atoms with Crippen molar-refractivity contribution in [2.24, 2.45) is 0 Å². The monoisotopic (exact) mass is 284 g/mol. The van der Waals surface area contributed by atoms with E-state index in [9.17, 15) is 8.42 Å². The van der Waals surface area contributed by atoms with E-state index in [1.54, 1.807) is 42.5 Å². The molecule has 0 fully saturated rings. The van der Waals surface area contributed by atoms with Gasteiger partial charge < -0.3 is 0 Å². The van der Waals surface area contributed by atoms with Gasteiger partial charge in [-0.05, 0) is 17.7 Å². The van der Waals surface area contributed by atoms with Gasteiger partial charge >= 0.3 is 0 Å². The van der Waals surface area contributed by atoms with Crippen molar-refractivity contribution >= 4 is 15.9 Å². The van der Waals surface area contributed by atoms with Gasteiger partial charge in [-0.15, -0.1) is 0 Å². The number of hydrogen-bond acceptors (Lipinski definition) is 2. The summed E-state index contributed by atoms with van der Waals surface area (Å²) in [5, 5.41) is 0. The first-order valence-corrected chi connectivity index (χ1v) is 8.00. The zero-order valence-electron chi connectivity index (χ0n) is 11.0. The first-order chi connectivity index (χ1) is 9.68. The zero-order valence-corrected chi connectivity index (χ0v) is 11.8. The van der Waals surface area contributed by atoms with Crippen LogP contribution >= 0.6 is 0 Å². The van der Waals surface area contributed by atoms with Crippen LogP contribution in [0.25, 0.3) is 6.08 Å². The van der Waals surface area contributed by atoms with Gasteiger partial charge in [-0.1, -0.05) is 72.8 Å². The summed E-state index contributed by atoms with van der Waals surface area (Å²) in [5.41, 5.74) is 1.09. The number of allylic oxidation sites excluding steroid dienone is 2. The molecule has 3 heteroatoms. The summed E-state index contributed by atoms with van der Waals surface area (Å²) in [6, 6.07) is 18.4. The quantitative estimate of drug-likeness (QED) is 0.784. The Morgan fingerprint density at radius 2 is 1.40 bits per heavy atom. The number of hydrogen-bond donors (Lipinski definition) is 0. The molecule has 2 rings (SSSR count). The molecule has 102 valence electrons. The van der Waals surface area contributed by atoms with Gasteiger partial charge in [-0.3, -0.25) is 0 Å². The largest absolute Gasteiger partial charge is 0.223 e. The first kappa shape index (κ1) is 14.3. The average Bonchev–Trinajstić information content (AvgIpc) is 2.49. The fourth-order valence-corrected chi connectivity index (χ4v) is 2.84. The molecule has 2 nitrogen and oxygen atoms in total. The molecule has 2 aromatic carbocycles. The molecule has 0 aliphatic carbocycles. The van der Waals surface area contributed by atoms with Crippen molar-refractivity contribution in [3.8, 4) is 0 Å². The second kappa shape index (κ2) is 6.87. The van der Waals surface area contributed by atoms with Gasteiger partial charge in [0.1, 0.15) is 0 Å². The van der Waals surface area contributed by atoms with Crippen molar-refractivity contribution in [2.75, 3.05) is 5.75 Å². The molecular formula is C17H16O2S. The summed E-state index contributed by atoms with van der Waals surface area (Å²) in [5.74, 6) is 0.0101. The van der Waals surface area contributed by atoms with Gasteiger partial charge in [0.15, 0.2) is 9.84 Å². The molecule has 20 heavy (non-hydrogen) atoms. The van der Waals surface area contributed by atoms with Gasteiger partial charge in [-0.25, -0.2) is 8.42 Å². The maximum Gasteiger partial charge on any atom is 0.181 e. The first-order valence-electron chi connectivity index (χ1n) is 6.34. The smallest absolute Gasteiger partial charge is 0.181 e. The maximum absolute atomic E-state index is 12.0. The van der Waals surface area contributed by atoms with Crippen LogP contribution in [0.1, 0.15) is 5.56 Å². The highest BCUT2D eigenvalue weighted by molar-refractivity contribution is 7.91. The van der Waals surface area contributed by atoms with Gasteiger partial charge in [0.05, 0.1) is 10.6 Å². The van der Waals surface area contributed by atoms with E-state index in [1.807, 2.05) is 42.5 Å². The van der Waals surface area contributed by atoms with Gasteiger partial charge in [0.2, 0.25) is 0 Å². The van der Waals surface area contributed by atoms with Crippen molar-refractivity contribution in [2.45, 2.75) is 4.90 Å². The molecule has 0 saturated heterocycles. The van der Waals surface area contributed by atoms with E-state index in [1.165, 1.54) is 0 Å². The van der Waals surface area contributed by atoms with E-state index in [2.05, 4.69) is 0 Å². The van der Waals surface area contributed by atoms with Crippen LogP contribution in [0.3, 0.4) is 0 Å². The lowest BCUT2D eigenvalue weighted by atomic mass is 10.2. The van der Waals surface area contributed by atoms with Crippen molar-refractivity contribution in [3.63, 3.8) is 0 Å². The zero-order chi connectivity index (χ0) is 14.3. The van der Waals surface area contributed by atoms with Crippen molar-refractivity contribution in [3.05, 3.63) is 84.5 Å². The molecule has 0 spiro atoms. The van der Waals surface area contributed by atoms with Crippen molar-refractivity contribution < 1.29 is 8.42 Å². The van der Waals surface area contributed by atoms with E-state index in [0.717, 1.165) is 5.56 Å². The fourth-order valence-electron chi connectivity index (χ4n) is 1.72. The van der Waals surface area contributed by atoms with Crippen LogP contribution in [0.5, 0.6) is 0 Å². The molecule has 0 N–H and O–H groups in total. The molecule has 0 heterocycles. The van der Waals surface area contributed by atoms with Crippen LogP contribution in [0.15, 0.2) is 83.8 Å². The fraction of sp³-hybridized carbons (Fsp3) is 0.0588. The number of sulfone groups is 1. The minimum absolute atomic E-state index is 0.0101. The molecule has 0 saturated carbocycles. The normalized spacial score (nSPS) is 12.2. The highest BCUT2D eigenvalue weighted by atomic mass is 32.2. The third-order valence-electron chi connectivity index (χ3n) is 2.75. The van der Waals surface area contributed by atoms with Crippen molar-refractivity contribution in [1.82, 2.24) is 0 Å². The molecule has 0 radical (unpaired) electrons. The predicted molar refractivity (Wildman–Crippen MR) is 83.1 cm³/mol. The lowest BCUT2D eigenvalue weighted by molar-refractivity contribution is 0.599. The second-order valence-corrected chi connectivity index (χ2v) is 6.33. The maximum atomic E-state index is 12.0. The van der Waals surface area contributed by atoms with E-state index < -0.39 is 9.84 Å². The third-order valence-corrected chi connectivity index (χ3v) is 4.38. The highest BCUT2D eigenvalue weighted by Gasteiger charge is 2.10. The third kappa shape index (κ3) is 4.21. The number of rotatable bonds is 5. The Morgan fingerprint density at radius 3 is 2.05 bits per heavy atom. The minimum atomic E-state index is -3.23. The lowest BCUT2D eigenvalue weighted by Gasteiger charge is -1.99. The Balaban J connectivity index is 1.95. The van der Waals surface area contributed by atoms with Crippen LogP contribution in [-0.4, -0.2) is 14.2 Å². The van der Waals surface area contributed by atoms with E-state index >= 15 is 0 Å². The summed E-state index contributed by atoms with van der Waals surface area (Å²) in [6.45, 7) is 0. The summed E-state index contributed by atoms with van der Waals surface area (Å²) in [7, 11) is -3.23. The van der Waals surface area contributed by atoms with Gasteiger partial charge in [-0.2, -0.15) is 0 Å². The lowest BCUT2D eigenvalue weighted by Crippen LogP contribution is -2.03. The number of benzene rings is 2. The molecule has 0 aromatic heterocycles. The van der Waals surface area contributed by atoms with Crippen LogP contribution in [0.2, 0.25) is 0 Å². The highest BCUT2D eigenvalue weighted by Crippen LogP contribution is 2.10. The summed E-state index contributed by atoms with van der Waals surface area (Å²) in [6.07, 6.45) is 7.19. The summed E-state index contributed by atoms with van der Waals surface area (Å²) < 4.78 is 24.0. The van der Waals surface area contributed by atoms with E-state index in [0.29, 0.717) is 4.90 Å². The Kier molecular flexibility index (Phi) is 4.91. The molecule has 0 amide bonds. The van der Waals surface area contributed by atoms with Gasteiger partial charge in [0.25, 0.3) is 0 Å². The summed E-state index contributed by atoms with van der Waals surface area (Å²) >= 11 is 0. The molecule has 0 aliphatic rings. The van der Waals surface area contributed by atoms with Crippen LogP contribution in [0.4, 0.5) is 0 Å². The second-order valence-electron chi connectivity index (χ2n) is 4.29. The Hall–Kier alpha value is -2.13. The van der Waals surface area contributed by atoms with Crippen LogP contribution in [-0.2, 0) is 9.84 Å². The Bertz CT molecular complexity index is 684. The SMILES string of the molecule is O=S(=O)(C/C=C/C=C/c1ccccc1)c1ccccc1. The molecule has 0 aliphatic heterocycles. The standard InChI is InChI=1S/C17H16O2S/c18-20(19,17-13-7-2-8-14-17)15-9-3-6-12-16-10-4-1-5-11-16/h1-14H,15H2/b9-3+,12-6+. The van der Waals surface area contributed by atoms with Crippen molar-refractivity contribution in [1.29, 1.82) is 0 Å². The molecule has 0 bridgehead atoms. The summed E-state index contributed by atoms with van der Waals surface area (Å²) in [4.78, 5) is 0.358. The molecule has 0 atom stereocenters. The molecule has 2 aromatic rings. The minimum Gasteiger partial charge on any atom is -0.223 e. The van der Waals surface area contributed by atoms with Crippen LogP contribution < -0.4 is 0 Å². The predicted octanol–water partition coefficient (Wildman–Crippen LogP) is 3.73. The topological polar surface area (TPSA) is 34.1 Å². The Labute approximate surface area is 120 Å². The average molecular weight is 284 g/mol. The Morgan fingerprint density at radius 1 is 0.800 bits per heavy atom. The van der Waals surface area contributed by atoms with E-state index in [4.69, 9.17) is 0 Å². The van der Waals surface area contributed by atoms with E-state index in [-0.39, 0.29) is 5.75 Å². The molecule has 0 unspecified atom stereocenters.